The number of pyridine rings is 1. The molecule has 3 heterocycles. The monoisotopic (exact) mass is 363 g/mol. The molecule has 2 N–H and O–H groups in total. The molecule has 0 unspecified atom stereocenters. The maximum absolute atomic E-state index is 13.8. The number of carbonyl (C=O) groups excluding carboxylic acids is 1. The molecule has 1 aliphatic rings. The quantitative estimate of drug-likeness (QED) is 0.857. The zero-order valence-corrected chi connectivity index (χ0v) is 15.1. The Hall–Kier alpha value is -2.06. The summed E-state index contributed by atoms with van der Waals surface area (Å²) in [5.74, 6) is 0.502. The van der Waals surface area contributed by atoms with Crippen molar-refractivity contribution in [3.8, 4) is 0 Å². The number of rotatable bonds is 5. The van der Waals surface area contributed by atoms with Crippen LogP contribution in [0, 0.1) is 13.8 Å². The van der Waals surface area contributed by atoms with E-state index in [1.54, 1.807) is 23.6 Å². The molecule has 6 nitrogen and oxygen atoms in total. The minimum Gasteiger partial charge on any atom is -0.336 e. The average Bonchev–Trinajstić information content (AvgIpc) is 3.11. The molecule has 2 aromatic heterocycles. The molecule has 2 amide bonds. The number of thiazole rings is 1. The minimum atomic E-state index is -0.868. The van der Waals surface area contributed by atoms with Crippen molar-refractivity contribution in [3.05, 3.63) is 40.0 Å². The highest BCUT2D eigenvalue weighted by molar-refractivity contribution is 7.09. The fourth-order valence-electron chi connectivity index (χ4n) is 2.99. The Kier molecular flexibility index (Phi) is 5.60. The van der Waals surface area contributed by atoms with Crippen molar-refractivity contribution in [2.75, 3.05) is 18.4 Å². The smallest absolute Gasteiger partial charge is 0.320 e. The predicted molar refractivity (Wildman–Crippen MR) is 96.6 cm³/mol. The lowest BCUT2D eigenvalue weighted by molar-refractivity contribution is 0.222. The first-order chi connectivity index (χ1) is 12.0. The van der Waals surface area contributed by atoms with Crippen LogP contribution >= 0.6 is 11.3 Å². The molecule has 0 spiro atoms. The van der Waals surface area contributed by atoms with Gasteiger partial charge in [0.1, 0.15) is 12.0 Å². The summed E-state index contributed by atoms with van der Waals surface area (Å²) in [6, 6.07) is 3.29. The van der Waals surface area contributed by atoms with E-state index in [9.17, 15) is 9.18 Å². The number of aryl methyl sites for hydroxylation is 2. The Balaban J connectivity index is 1.52. The third-order valence-corrected chi connectivity index (χ3v) is 4.99. The van der Waals surface area contributed by atoms with Gasteiger partial charge >= 0.3 is 6.03 Å². The van der Waals surface area contributed by atoms with Crippen molar-refractivity contribution >= 4 is 23.2 Å². The third-order valence-electron chi connectivity index (χ3n) is 4.16. The zero-order chi connectivity index (χ0) is 17.8. The van der Waals surface area contributed by atoms with Gasteiger partial charge in [-0.3, -0.25) is 10.2 Å². The molecule has 25 heavy (non-hydrogen) atoms. The molecule has 2 aromatic rings. The molecular weight excluding hydrogens is 341 g/mol. The highest BCUT2D eigenvalue weighted by Crippen LogP contribution is 2.23. The van der Waals surface area contributed by atoms with Gasteiger partial charge in [-0.1, -0.05) is 0 Å². The van der Waals surface area contributed by atoms with Gasteiger partial charge in [0.15, 0.2) is 0 Å². The fraction of sp³-hybridized carbons (Fsp3) is 0.471. The second-order valence-electron chi connectivity index (χ2n) is 6.33. The van der Waals surface area contributed by atoms with Crippen molar-refractivity contribution in [2.24, 2.45) is 0 Å². The van der Waals surface area contributed by atoms with Gasteiger partial charge < -0.3 is 5.32 Å². The van der Waals surface area contributed by atoms with Gasteiger partial charge in [0.05, 0.1) is 10.7 Å². The predicted octanol–water partition coefficient (Wildman–Crippen LogP) is 2.89. The lowest BCUT2D eigenvalue weighted by Gasteiger charge is -2.23. The molecule has 0 aliphatic carbocycles. The zero-order valence-electron chi connectivity index (χ0n) is 14.3. The number of alkyl halides is 1. The van der Waals surface area contributed by atoms with Crippen molar-refractivity contribution in [1.82, 2.24) is 20.2 Å². The van der Waals surface area contributed by atoms with E-state index in [4.69, 9.17) is 0 Å². The van der Waals surface area contributed by atoms with Crippen LogP contribution in [0.1, 0.15) is 22.7 Å². The largest absolute Gasteiger partial charge is 0.336 e. The first kappa shape index (κ1) is 17.8. The van der Waals surface area contributed by atoms with Gasteiger partial charge in [0, 0.05) is 37.3 Å². The Labute approximate surface area is 150 Å². The molecule has 1 aliphatic heterocycles. The normalized spacial score (nSPS) is 20.6. The number of anilines is 1. The topological polar surface area (TPSA) is 70.2 Å². The number of halogens is 1. The summed E-state index contributed by atoms with van der Waals surface area (Å²) in [7, 11) is 0. The van der Waals surface area contributed by atoms with Crippen molar-refractivity contribution in [3.63, 3.8) is 0 Å². The first-order valence-corrected chi connectivity index (χ1v) is 9.14. The molecule has 8 heteroatoms. The maximum Gasteiger partial charge on any atom is 0.320 e. The van der Waals surface area contributed by atoms with Crippen LogP contribution in [-0.4, -0.2) is 46.2 Å². The molecule has 0 saturated carbocycles. The Morgan fingerprint density at radius 3 is 3.04 bits per heavy atom. The molecule has 2 atom stereocenters. The van der Waals surface area contributed by atoms with Crippen LogP contribution in [-0.2, 0) is 6.54 Å². The molecular formula is C17H22FN5OS. The number of hydrogen-bond donors (Lipinski definition) is 2. The van der Waals surface area contributed by atoms with Crippen LogP contribution in [0.15, 0.2) is 23.7 Å². The summed E-state index contributed by atoms with van der Waals surface area (Å²) in [6.45, 7) is 5.27. The van der Waals surface area contributed by atoms with E-state index >= 15 is 0 Å². The summed E-state index contributed by atoms with van der Waals surface area (Å²) in [5, 5.41) is 8.53. The standard InChI is InChI=1S/C17H22FN5OS/c1-11-3-4-19-16(5-11)22-17(24)20-7-15-6-13(18)8-23(15)9-14-10-25-12(2)21-14/h3-5,10,13,15H,6-9H2,1-2H3,(H2,19,20,22,24)/t13-,15-/m0/s1. The highest BCUT2D eigenvalue weighted by atomic mass is 32.1. The fourth-order valence-corrected chi connectivity index (χ4v) is 3.60. The number of likely N-dealkylation sites (tertiary alicyclic amines) is 1. The van der Waals surface area contributed by atoms with Crippen LogP contribution in [0.3, 0.4) is 0 Å². The van der Waals surface area contributed by atoms with Crippen molar-refractivity contribution in [1.29, 1.82) is 0 Å². The van der Waals surface area contributed by atoms with E-state index < -0.39 is 6.17 Å². The molecule has 0 aromatic carbocycles. The summed E-state index contributed by atoms with van der Waals surface area (Å²) in [5.41, 5.74) is 1.97. The van der Waals surface area contributed by atoms with E-state index in [2.05, 4.69) is 20.6 Å². The average molecular weight is 363 g/mol. The number of hydrogen-bond acceptors (Lipinski definition) is 5. The van der Waals surface area contributed by atoms with Gasteiger partial charge in [0.25, 0.3) is 0 Å². The summed E-state index contributed by atoms with van der Waals surface area (Å²) < 4.78 is 13.8. The number of amides is 2. The lowest BCUT2D eigenvalue weighted by Crippen LogP contribution is -2.41. The molecule has 0 bridgehead atoms. The molecule has 134 valence electrons. The van der Waals surface area contributed by atoms with Crippen LogP contribution in [0.2, 0.25) is 0 Å². The van der Waals surface area contributed by atoms with Gasteiger partial charge in [0.2, 0.25) is 0 Å². The van der Waals surface area contributed by atoms with E-state index in [1.165, 1.54) is 0 Å². The number of aromatic nitrogens is 2. The molecule has 3 rings (SSSR count). The molecule has 0 radical (unpaired) electrons. The third kappa shape index (κ3) is 4.96. The summed E-state index contributed by atoms with van der Waals surface area (Å²) in [4.78, 5) is 22.6. The van der Waals surface area contributed by atoms with Crippen LogP contribution in [0.5, 0.6) is 0 Å². The van der Waals surface area contributed by atoms with Crippen LogP contribution in [0.25, 0.3) is 0 Å². The number of carbonyl (C=O) groups is 1. The van der Waals surface area contributed by atoms with E-state index in [0.29, 0.717) is 31.9 Å². The van der Waals surface area contributed by atoms with Crippen LogP contribution < -0.4 is 10.6 Å². The van der Waals surface area contributed by atoms with Crippen LogP contribution in [0.4, 0.5) is 15.0 Å². The Bertz CT molecular complexity index is 737. The number of urea groups is 1. The number of nitrogens with one attached hydrogen (secondary N) is 2. The highest BCUT2D eigenvalue weighted by Gasteiger charge is 2.32. The van der Waals surface area contributed by atoms with E-state index in [0.717, 1.165) is 16.3 Å². The first-order valence-electron chi connectivity index (χ1n) is 8.26. The molecule has 1 saturated heterocycles. The summed E-state index contributed by atoms with van der Waals surface area (Å²) in [6.07, 6.45) is 1.20. The van der Waals surface area contributed by atoms with E-state index in [-0.39, 0.29) is 12.1 Å². The second kappa shape index (κ2) is 7.88. The van der Waals surface area contributed by atoms with Gasteiger partial charge in [-0.15, -0.1) is 11.3 Å². The number of nitrogens with zero attached hydrogens (tertiary/aromatic N) is 3. The maximum atomic E-state index is 13.8. The lowest BCUT2D eigenvalue weighted by atomic mass is 10.2. The van der Waals surface area contributed by atoms with Gasteiger partial charge in [-0.05, 0) is 38.0 Å². The minimum absolute atomic E-state index is 0.0341. The Morgan fingerprint density at radius 1 is 1.48 bits per heavy atom. The van der Waals surface area contributed by atoms with Gasteiger partial charge in [-0.25, -0.2) is 19.2 Å². The Morgan fingerprint density at radius 2 is 2.32 bits per heavy atom. The van der Waals surface area contributed by atoms with Crippen molar-refractivity contribution in [2.45, 2.75) is 39.0 Å². The van der Waals surface area contributed by atoms with Gasteiger partial charge in [-0.2, -0.15) is 0 Å². The van der Waals surface area contributed by atoms with E-state index in [1.807, 2.05) is 30.2 Å². The second-order valence-corrected chi connectivity index (χ2v) is 7.39. The SMILES string of the molecule is Cc1ccnc(NC(=O)NC[C@@H]2C[C@H](F)CN2Cc2csc(C)n2)c1. The molecule has 1 fully saturated rings. The van der Waals surface area contributed by atoms with Crippen molar-refractivity contribution < 1.29 is 9.18 Å². The summed E-state index contributed by atoms with van der Waals surface area (Å²) >= 11 is 1.59.